The molecule has 1 saturated heterocycles. The summed E-state index contributed by atoms with van der Waals surface area (Å²) < 4.78 is 56.2. The topological polar surface area (TPSA) is 104 Å². The minimum atomic E-state index is -4.86. The molecule has 35 heavy (non-hydrogen) atoms. The number of fused-ring (bicyclic) bond motifs is 3. The molecule has 0 saturated carbocycles. The van der Waals surface area contributed by atoms with Crippen LogP contribution in [0.15, 0.2) is 24.4 Å². The third kappa shape index (κ3) is 4.52. The predicted molar refractivity (Wildman–Crippen MR) is 119 cm³/mol. The van der Waals surface area contributed by atoms with Crippen molar-refractivity contribution in [2.45, 2.75) is 50.5 Å². The van der Waals surface area contributed by atoms with E-state index < -0.39 is 29.9 Å². The Balaban J connectivity index is 1.34. The number of likely N-dealkylation sites (tertiary alicyclic amines) is 1. The molecule has 186 valence electrons. The SMILES string of the molecule is Nc1cc(OC(F)(F)F)ccc1C(=O)N1CCC(c2c(F)cnc3[nH]c4c(c23)C[C@H](O)CC4)CC1. The van der Waals surface area contributed by atoms with Crippen molar-refractivity contribution in [2.75, 3.05) is 18.8 Å². The monoisotopic (exact) mass is 492 g/mol. The van der Waals surface area contributed by atoms with E-state index in [0.29, 0.717) is 56.4 Å². The number of pyridine rings is 1. The maximum atomic E-state index is 15.0. The van der Waals surface area contributed by atoms with E-state index in [1.54, 1.807) is 4.90 Å². The Kier molecular flexibility index (Phi) is 5.82. The molecule has 0 bridgehead atoms. The smallest absolute Gasteiger partial charge is 0.406 e. The number of nitrogens with two attached hydrogens (primary N) is 1. The lowest BCUT2D eigenvalue weighted by molar-refractivity contribution is -0.274. The van der Waals surface area contributed by atoms with Gasteiger partial charge < -0.3 is 25.5 Å². The molecule has 3 aromatic rings. The van der Waals surface area contributed by atoms with E-state index in [-0.39, 0.29) is 17.2 Å². The summed E-state index contributed by atoms with van der Waals surface area (Å²) in [4.78, 5) is 22.0. The number of aliphatic hydroxyl groups is 1. The van der Waals surface area contributed by atoms with E-state index in [0.717, 1.165) is 28.8 Å². The summed E-state index contributed by atoms with van der Waals surface area (Å²) in [5.41, 5.74) is 8.86. The molecule has 1 fully saturated rings. The minimum absolute atomic E-state index is 0.0872. The van der Waals surface area contributed by atoms with E-state index in [4.69, 9.17) is 5.73 Å². The van der Waals surface area contributed by atoms with Crippen LogP contribution in [0, 0.1) is 5.82 Å². The Morgan fingerprint density at radius 2 is 1.97 bits per heavy atom. The third-order valence-electron chi connectivity index (χ3n) is 6.85. The minimum Gasteiger partial charge on any atom is -0.406 e. The van der Waals surface area contributed by atoms with Crippen LogP contribution in [0.25, 0.3) is 11.0 Å². The van der Waals surface area contributed by atoms with Crippen LogP contribution in [0.1, 0.15) is 52.4 Å². The Morgan fingerprint density at radius 1 is 1.23 bits per heavy atom. The van der Waals surface area contributed by atoms with Gasteiger partial charge in [-0.15, -0.1) is 13.2 Å². The van der Waals surface area contributed by atoms with Gasteiger partial charge in [-0.3, -0.25) is 4.79 Å². The van der Waals surface area contributed by atoms with Gasteiger partial charge in [-0.25, -0.2) is 9.37 Å². The molecule has 2 aromatic heterocycles. The van der Waals surface area contributed by atoms with Crippen molar-refractivity contribution >= 4 is 22.6 Å². The van der Waals surface area contributed by atoms with Crippen molar-refractivity contribution in [3.05, 3.63) is 52.6 Å². The largest absolute Gasteiger partial charge is 0.573 e. The molecule has 1 aromatic carbocycles. The Hall–Kier alpha value is -3.34. The fourth-order valence-electron chi connectivity index (χ4n) is 5.23. The number of nitrogens with one attached hydrogen (secondary N) is 1. The number of anilines is 1. The van der Waals surface area contributed by atoms with E-state index in [1.165, 1.54) is 12.3 Å². The summed E-state index contributed by atoms with van der Waals surface area (Å²) in [6, 6.07) is 3.24. The van der Waals surface area contributed by atoms with Crippen molar-refractivity contribution in [1.82, 2.24) is 14.9 Å². The number of halogens is 4. The summed E-state index contributed by atoms with van der Waals surface area (Å²) in [5, 5.41) is 10.9. The molecule has 3 heterocycles. The number of aromatic nitrogens is 2. The molecule has 7 nitrogen and oxygen atoms in total. The first-order valence-electron chi connectivity index (χ1n) is 11.4. The van der Waals surface area contributed by atoms with Gasteiger partial charge in [0, 0.05) is 47.9 Å². The second kappa shape index (κ2) is 8.71. The number of H-pyrrole nitrogens is 1. The summed E-state index contributed by atoms with van der Waals surface area (Å²) in [5.74, 6) is -1.46. The Labute approximate surface area is 197 Å². The molecule has 0 unspecified atom stereocenters. The highest BCUT2D eigenvalue weighted by atomic mass is 19.4. The Bertz CT molecular complexity index is 1280. The number of ether oxygens (including phenoxy) is 1. The number of hydrogen-bond donors (Lipinski definition) is 3. The number of amides is 1. The van der Waals surface area contributed by atoms with E-state index in [1.807, 2.05) is 0 Å². The molecule has 4 N–H and O–H groups in total. The van der Waals surface area contributed by atoms with Gasteiger partial charge in [0.15, 0.2) is 0 Å². The molecule has 1 amide bonds. The summed E-state index contributed by atoms with van der Waals surface area (Å²) >= 11 is 0. The molecule has 1 atom stereocenters. The van der Waals surface area contributed by atoms with E-state index >= 15 is 4.39 Å². The van der Waals surface area contributed by atoms with Gasteiger partial charge >= 0.3 is 6.36 Å². The van der Waals surface area contributed by atoms with Crippen LogP contribution in [0.2, 0.25) is 0 Å². The first-order chi connectivity index (χ1) is 16.6. The predicted octanol–water partition coefficient (Wildman–Crippen LogP) is 4.05. The highest BCUT2D eigenvalue weighted by Gasteiger charge is 2.33. The van der Waals surface area contributed by atoms with Crippen molar-refractivity contribution in [3.8, 4) is 5.75 Å². The number of benzene rings is 1. The average molecular weight is 492 g/mol. The molecule has 11 heteroatoms. The highest BCUT2D eigenvalue weighted by molar-refractivity contribution is 5.99. The summed E-state index contributed by atoms with van der Waals surface area (Å²) in [6.07, 6.45) is -1.37. The molecule has 2 aliphatic rings. The lowest BCUT2D eigenvalue weighted by Gasteiger charge is -2.33. The second-order valence-corrected chi connectivity index (χ2v) is 9.09. The molecule has 1 aliphatic heterocycles. The number of aryl methyl sites for hydroxylation is 1. The van der Waals surface area contributed by atoms with Crippen LogP contribution in [0.4, 0.5) is 23.2 Å². The third-order valence-corrected chi connectivity index (χ3v) is 6.85. The number of carbonyl (C=O) groups excluding carboxylic acids is 1. The van der Waals surface area contributed by atoms with Crippen molar-refractivity contribution in [3.63, 3.8) is 0 Å². The maximum absolute atomic E-state index is 15.0. The zero-order chi connectivity index (χ0) is 24.9. The average Bonchev–Trinajstić information content (AvgIpc) is 3.16. The summed E-state index contributed by atoms with van der Waals surface area (Å²) in [6.45, 7) is 0.671. The van der Waals surface area contributed by atoms with Gasteiger partial charge in [-0.1, -0.05) is 0 Å². The number of nitrogen functional groups attached to an aromatic ring is 1. The van der Waals surface area contributed by atoms with Gasteiger partial charge in [0.2, 0.25) is 0 Å². The molecular formula is C24H24F4N4O3. The van der Waals surface area contributed by atoms with Gasteiger partial charge in [-0.05, 0) is 49.3 Å². The van der Waals surface area contributed by atoms with Crippen LogP contribution >= 0.6 is 0 Å². The van der Waals surface area contributed by atoms with Crippen LogP contribution in [-0.4, -0.2) is 51.4 Å². The van der Waals surface area contributed by atoms with E-state index in [2.05, 4.69) is 14.7 Å². The van der Waals surface area contributed by atoms with Crippen molar-refractivity contribution < 1.29 is 32.2 Å². The number of hydrogen-bond acceptors (Lipinski definition) is 5. The van der Waals surface area contributed by atoms with Gasteiger partial charge in [-0.2, -0.15) is 0 Å². The van der Waals surface area contributed by atoms with Crippen molar-refractivity contribution in [2.24, 2.45) is 0 Å². The quantitative estimate of drug-likeness (QED) is 0.378. The Morgan fingerprint density at radius 3 is 2.66 bits per heavy atom. The lowest BCUT2D eigenvalue weighted by atomic mass is 9.84. The van der Waals surface area contributed by atoms with Crippen molar-refractivity contribution in [1.29, 1.82) is 0 Å². The number of rotatable bonds is 3. The highest BCUT2D eigenvalue weighted by Crippen LogP contribution is 2.39. The number of piperidine rings is 1. The second-order valence-electron chi connectivity index (χ2n) is 9.09. The van der Waals surface area contributed by atoms with Crippen LogP contribution in [-0.2, 0) is 12.8 Å². The standard InChI is InChI=1S/C24H24F4N4O3/c25-17-11-30-22-21(16-9-13(33)1-4-19(16)31-22)20(17)12-5-7-32(8-6-12)23(34)15-3-2-14(10-18(15)29)35-24(26,27)28/h2-3,10-13,33H,1,4-9,29H2,(H,30,31)/t13-/m1/s1. The molecule has 0 radical (unpaired) electrons. The van der Waals surface area contributed by atoms with Gasteiger partial charge in [0.25, 0.3) is 5.91 Å². The summed E-state index contributed by atoms with van der Waals surface area (Å²) in [7, 11) is 0. The van der Waals surface area contributed by atoms with Crippen LogP contribution in [0.5, 0.6) is 5.75 Å². The number of aromatic amines is 1. The van der Waals surface area contributed by atoms with Gasteiger partial charge in [0.05, 0.1) is 17.9 Å². The normalized spacial score (nSPS) is 19.1. The first-order valence-corrected chi connectivity index (χ1v) is 11.4. The number of carbonyl (C=O) groups is 1. The number of aliphatic hydroxyl groups excluding tert-OH is 1. The fraction of sp³-hybridized carbons (Fsp3) is 0.417. The molecule has 1 aliphatic carbocycles. The van der Waals surface area contributed by atoms with E-state index in [9.17, 15) is 23.1 Å². The number of alkyl halides is 3. The van der Waals surface area contributed by atoms with Crippen LogP contribution in [0.3, 0.4) is 0 Å². The van der Waals surface area contributed by atoms with Crippen LogP contribution < -0.4 is 10.5 Å². The number of nitrogens with zero attached hydrogens (tertiary/aromatic N) is 2. The zero-order valence-corrected chi connectivity index (χ0v) is 18.7. The maximum Gasteiger partial charge on any atom is 0.573 e. The lowest BCUT2D eigenvalue weighted by Crippen LogP contribution is -2.38. The molecular weight excluding hydrogens is 468 g/mol. The molecule has 5 rings (SSSR count). The fourth-order valence-corrected chi connectivity index (χ4v) is 5.23. The zero-order valence-electron chi connectivity index (χ0n) is 18.7. The molecule has 0 spiro atoms. The van der Waals surface area contributed by atoms with Gasteiger partial charge in [0.1, 0.15) is 17.2 Å². The first kappa shape index (κ1) is 23.4.